The van der Waals surface area contributed by atoms with E-state index in [1.807, 2.05) is 0 Å². The van der Waals surface area contributed by atoms with Crippen LogP contribution in [0.4, 0.5) is 8.78 Å². The molecule has 9 heteroatoms. The van der Waals surface area contributed by atoms with Gasteiger partial charge in [0, 0.05) is 19.5 Å². The van der Waals surface area contributed by atoms with Crippen LogP contribution in [0.3, 0.4) is 0 Å². The summed E-state index contributed by atoms with van der Waals surface area (Å²) >= 11 is 0. The molecule has 174 valence electrons. The van der Waals surface area contributed by atoms with Crippen molar-refractivity contribution in [2.75, 3.05) is 0 Å². The summed E-state index contributed by atoms with van der Waals surface area (Å²) in [4.78, 5) is 24.3. The first kappa shape index (κ1) is 23.9. The number of benzene rings is 2. The molecule has 0 saturated heterocycles. The van der Waals surface area contributed by atoms with Gasteiger partial charge in [-0.3, -0.25) is 4.79 Å². The molecule has 2 N–H and O–H groups in total. The highest BCUT2D eigenvalue weighted by atomic mass is 19.3. The van der Waals surface area contributed by atoms with Gasteiger partial charge in [-0.1, -0.05) is 24.3 Å². The quantitative estimate of drug-likeness (QED) is 0.513. The van der Waals surface area contributed by atoms with E-state index >= 15 is 0 Å². The first-order valence-electron chi connectivity index (χ1n) is 10.2. The summed E-state index contributed by atoms with van der Waals surface area (Å²) < 4.78 is 34.6. The Morgan fingerprint density at radius 3 is 2.48 bits per heavy atom. The van der Waals surface area contributed by atoms with Crippen LogP contribution in [0, 0.1) is 13.8 Å². The van der Waals surface area contributed by atoms with Crippen LogP contribution in [-0.4, -0.2) is 26.8 Å². The first-order valence-corrected chi connectivity index (χ1v) is 10.2. The average molecular weight is 457 g/mol. The molecule has 1 amide bonds. The number of nitrogens with one attached hydrogen (secondary N) is 1. The third-order valence-electron chi connectivity index (χ3n) is 5.28. The number of alkyl halides is 2. The Hall–Kier alpha value is -3.75. The highest BCUT2D eigenvalue weighted by Crippen LogP contribution is 2.33. The van der Waals surface area contributed by atoms with Crippen molar-refractivity contribution in [1.82, 2.24) is 15.1 Å². The van der Waals surface area contributed by atoms with E-state index in [0.29, 0.717) is 11.3 Å². The summed E-state index contributed by atoms with van der Waals surface area (Å²) in [6.07, 6.45) is 0. The van der Waals surface area contributed by atoms with E-state index in [4.69, 9.17) is 4.74 Å². The van der Waals surface area contributed by atoms with Crippen LogP contribution in [0.2, 0.25) is 0 Å². The number of carboxylic acids is 1. The molecule has 0 spiro atoms. The molecule has 0 bridgehead atoms. The molecule has 0 radical (unpaired) electrons. The minimum Gasteiger partial charge on any atom is -0.478 e. The smallest absolute Gasteiger partial charge is 0.335 e. The van der Waals surface area contributed by atoms with E-state index in [1.165, 1.54) is 35.0 Å². The Balaban J connectivity index is 1.86. The minimum absolute atomic E-state index is 0.117. The zero-order valence-corrected chi connectivity index (χ0v) is 18.9. The Morgan fingerprint density at radius 1 is 1.18 bits per heavy atom. The SMILES string of the molecule is Cc1cc(C(C)NC(=O)c2c(C)nn(C)c2Oc2cccc(C(C)(F)F)c2)ccc1C(=O)O. The second-order valence-corrected chi connectivity index (χ2v) is 7.98. The Labute approximate surface area is 190 Å². The Kier molecular flexibility index (Phi) is 6.53. The van der Waals surface area contributed by atoms with E-state index in [-0.39, 0.29) is 28.3 Å². The molecule has 0 saturated carbocycles. The number of hydrogen-bond acceptors (Lipinski definition) is 4. The van der Waals surface area contributed by atoms with Crippen LogP contribution in [0.15, 0.2) is 42.5 Å². The number of aromatic nitrogens is 2. The molecule has 2 aromatic carbocycles. The average Bonchev–Trinajstić information content (AvgIpc) is 3.00. The van der Waals surface area contributed by atoms with Gasteiger partial charge >= 0.3 is 5.97 Å². The number of aromatic carboxylic acids is 1. The molecular weight excluding hydrogens is 432 g/mol. The summed E-state index contributed by atoms with van der Waals surface area (Å²) in [5.41, 5.74) is 1.88. The molecule has 0 fully saturated rings. The predicted octanol–water partition coefficient (Wildman–Crippen LogP) is 5.13. The zero-order valence-electron chi connectivity index (χ0n) is 18.9. The highest BCUT2D eigenvalue weighted by Gasteiger charge is 2.27. The lowest BCUT2D eigenvalue weighted by Gasteiger charge is -2.17. The molecule has 1 atom stereocenters. The number of aryl methyl sites for hydroxylation is 3. The Bertz CT molecular complexity index is 1210. The van der Waals surface area contributed by atoms with Crippen molar-refractivity contribution in [1.29, 1.82) is 0 Å². The summed E-state index contributed by atoms with van der Waals surface area (Å²) in [7, 11) is 1.59. The number of carboxylic acid groups (broad SMARTS) is 1. The second-order valence-electron chi connectivity index (χ2n) is 7.98. The highest BCUT2D eigenvalue weighted by molar-refractivity contribution is 5.98. The minimum atomic E-state index is -3.04. The maximum Gasteiger partial charge on any atom is 0.335 e. The van der Waals surface area contributed by atoms with Gasteiger partial charge in [0.05, 0.1) is 17.3 Å². The van der Waals surface area contributed by atoms with Crippen molar-refractivity contribution in [2.45, 2.75) is 39.7 Å². The molecule has 1 aromatic heterocycles. The van der Waals surface area contributed by atoms with Crippen LogP contribution >= 0.6 is 0 Å². The van der Waals surface area contributed by atoms with Gasteiger partial charge in [0.2, 0.25) is 5.88 Å². The third kappa shape index (κ3) is 5.19. The molecule has 0 aliphatic carbocycles. The maximum absolute atomic E-state index is 13.7. The number of carbonyl (C=O) groups is 2. The molecule has 7 nitrogen and oxygen atoms in total. The van der Waals surface area contributed by atoms with Gasteiger partial charge in [-0.15, -0.1) is 0 Å². The molecule has 0 aliphatic heterocycles. The van der Waals surface area contributed by atoms with Crippen molar-refractivity contribution >= 4 is 11.9 Å². The normalized spacial score (nSPS) is 12.3. The van der Waals surface area contributed by atoms with Gasteiger partial charge in [-0.05, 0) is 50.1 Å². The van der Waals surface area contributed by atoms with Crippen molar-refractivity contribution < 1.29 is 28.2 Å². The lowest BCUT2D eigenvalue weighted by Crippen LogP contribution is -2.27. The molecule has 0 aliphatic rings. The van der Waals surface area contributed by atoms with Crippen molar-refractivity contribution in [3.63, 3.8) is 0 Å². The van der Waals surface area contributed by atoms with Crippen molar-refractivity contribution in [2.24, 2.45) is 7.05 Å². The molecule has 3 aromatic rings. The van der Waals surface area contributed by atoms with Crippen molar-refractivity contribution in [3.8, 4) is 11.6 Å². The maximum atomic E-state index is 13.7. The summed E-state index contributed by atoms with van der Waals surface area (Å²) in [6.45, 7) is 5.90. The summed E-state index contributed by atoms with van der Waals surface area (Å²) in [5, 5.41) is 16.3. The number of amides is 1. The molecule has 1 heterocycles. The van der Waals surface area contributed by atoms with Gasteiger partial charge in [0.25, 0.3) is 11.8 Å². The van der Waals surface area contributed by atoms with E-state index < -0.39 is 23.8 Å². The number of halogens is 2. The van der Waals surface area contributed by atoms with Crippen molar-refractivity contribution in [3.05, 3.63) is 76.0 Å². The van der Waals surface area contributed by atoms with E-state index in [2.05, 4.69) is 10.4 Å². The van der Waals surface area contributed by atoms with Crippen LogP contribution in [0.25, 0.3) is 0 Å². The molecular formula is C24H25F2N3O4. The van der Waals surface area contributed by atoms with Gasteiger partial charge < -0.3 is 15.2 Å². The zero-order chi connectivity index (χ0) is 24.5. The third-order valence-corrected chi connectivity index (χ3v) is 5.28. The lowest BCUT2D eigenvalue weighted by atomic mass is 10.0. The molecule has 1 unspecified atom stereocenters. The predicted molar refractivity (Wildman–Crippen MR) is 118 cm³/mol. The Morgan fingerprint density at radius 2 is 1.88 bits per heavy atom. The van der Waals surface area contributed by atoms with Crippen LogP contribution in [0.1, 0.15) is 63.0 Å². The van der Waals surface area contributed by atoms with E-state index in [0.717, 1.165) is 12.5 Å². The fourth-order valence-corrected chi connectivity index (χ4v) is 3.51. The largest absolute Gasteiger partial charge is 0.478 e. The topological polar surface area (TPSA) is 93.5 Å². The monoisotopic (exact) mass is 457 g/mol. The second kappa shape index (κ2) is 9.01. The van der Waals surface area contributed by atoms with Crippen LogP contribution < -0.4 is 10.1 Å². The number of ether oxygens (including phenoxy) is 1. The van der Waals surface area contributed by atoms with Gasteiger partial charge in [0.1, 0.15) is 11.3 Å². The number of hydrogen-bond donors (Lipinski definition) is 2. The number of nitrogens with zero attached hydrogens (tertiary/aromatic N) is 2. The number of rotatable bonds is 7. The van der Waals surface area contributed by atoms with Crippen LogP contribution in [0.5, 0.6) is 11.6 Å². The first-order chi connectivity index (χ1) is 15.4. The lowest BCUT2D eigenvalue weighted by molar-refractivity contribution is 0.0172. The molecule has 3 rings (SSSR count). The number of carbonyl (C=O) groups excluding carboxylic acids is 1. The van der Waals surface area contributed by atoms with Gasteiger partial charge in [0.15, 0.2) is 0 Å². The van der Waals surface area contributed by atoms with E-state index in [1.54, 1.807) is 40.0 Å². The fraction of sp³-hybridized carbons (Fsp3) is 0.292. The molecule has 33 heavy (non-hydrogen) atoms. The van der Waals surface area contributed by atoms with Gasteiger partial charge in [-0.2, -0.15) is 5.10 Å². The fourth-order valence-electron chi connectivity index (χ4n) is 3.51. The van der Waals surface area contributed by atoms with Gasteiger partial charge in [-0.25, -0.2) is 18.3 Å². The summed E-state index contributed by atoms with van der Waals surface area (Å²) in [5.74, 6) is -4.25. The summed E-state index contributed by atoms with van der Waals surface area (Å²) in [6, 6.07) is 9.91. The van der Waals surface area contributed by atoms with Crippen LogP contribution in [-0.2, 0) is 13.0 Å². The standard InChI is InChI=1S/C24H25F2N3O4/c1-13-11-16(9-10-19(13)23(31)32)14(2)27-21(30)20-15(3)28-29(5)22(20)33-18-8-6-7-17(12-18)24(4,25)26/h6-12,14H,1-5H3,(H,27,30)(H,31,32). The van der Waals surface area contributed by atoms with E-state index in [9.17, 15) is 23.5 Å².